The first kappa shape index (κ1) is 52.3. The normalized spacial score (nSPS) is 16.3. The summed E-state index contributed by atoms with van der Waals surface area (Å²) in [5.41, 5.74) is 21.7. The first-order valence-corrected chi connectivity index (χ1v) is 22.5. The fourth-order valence-electron chi connectivity index (χ4n) is 8.92. The number of fused-ring (bicyclic) bond motifs is 4. The monoisotopic (exact) mass is 895 g/mol. The minimum absolute atomic E-state index is 0. The van der Waals surface area contributed by atoms with E-state index in [1.807, 2.05) is 9.80 Å². The maximum atomic E-state index is 12.5. The molecular formula is C51H78N10O4. The van der Waals surface area contributed by atoms with Crippen LogP contribution in [0.3, 0.4) is 0 Å². The van der Waals surface area contributed by atoms with Crippen LogP contribution in [0, 0.1) is 5.92 Å². The summed E-state index contributed by atoms with van der Waals surface area (Å²) in [5, 5.41) is 3.41. The number of benzene rings is 2. The van der Waals surface area contributed by atoms with Crippen LogP contribution in [0.4, 0.5) is 23.3 Å². The van der Waals surface area contributed by atoms with Crippen LogP contribution in [0.1, 0.15) is 133 Å². The van der Waals surface area contributed by atoms with E-state index in [0.29, 0.717) is 68.6 Å². The Morgan fingerprint density at radius 3 is 1.71 bits per heavy atom. The number of ketones is 2. The van der Waals surface area contributed by atoms with E-state index in [4.69, 9.17) is 20.9 Å². The molecule has 0 spiro atoms. The second-order valence-corrected chi connectivity index (χ2v) is 17.3. The van der Waals surface area contributed by atoms with E-state index in [-0.39, 0.29) is 54.1 Å². The average Bonchev–Trinajstić information content (AvgIpc) is 3.23. The molecule has 2 aromatic heterocycles. The van der Waals surface area contributed by atoms with Gasteiger partial charge in [0.1, 0.15) is 23.3 Å². The van der Waals surface area contributed by atoms with Gasteiger partial charge in [-0.05, 0) is 84.4 Å². The predicted octanol–water partition coefficient (Wildman–Crippen LogP) is 8.09. The summed E-state index contributed by atoms with van der Waals surface area (Å²) in [4.78, 5) is 49.2. The predicted molar refractivity (Wildman–Crippen MR) is 265 cm³/mol. The van der Waals surface area contributed by atoms with E-state index in [0.717, 1.165) is 93.4 Å². The lowest BCUT2D eigenvalue weighted by Crippen LogP contribution is -2.37. The number of nitrogens with two attached hydrogens (primary N) is 2. The number of nitrogens with one attached hydrogen (secondary N) is 1. The topological polar surface area (TPSA) is 178 Å². The van der Waals surface area contributed by atoms with Crippen LogP contribution in [0.25, 0.3) is 0 Å². The van der Waals surface area contributed by atoms with E-state index < -0.39 is 0 Å². The van der Waals surface area contributed by atoms with Crippen molar-refractivity contribution in [2.24, 2.45) is 5.92 Å². The maximum absolute atomic E-state index is 12.5. The number of nitrogen functional groups attached to an aromatic ring is 2. The molecule has 2 aromatic carbocycles. The summed E-state index contributed by atoms with van der Waals surface area (Å²) >= 11 is 0. The maximum Gasteiger partial charge on any atom is 0.320 e. The number of anilines is 4. The van der Waals surface area contributed by atoms with Gasteiger partial charge >= 0.3 is 12.0 Å². The summed E-state index contributed by atoms with van der Waals surface area (Å²) in [6.07, 6.45) is 10.9. The van der Waals surface area contributed by atoms with Gasteiger partial charge in [0.15, 0.2) is 11.6 Å². The molecule has 5 N–H and O–H groups in total. The Balaban J connectivity index is 0.000000271. The third-order valence-corrected chi connectivity index (χ3v) is 12.5. The van der Waals surface area contributed by atoms with Crippen LogP contribution in [0.2, 0.25) is 0 Å². The molecule has 1 saturated carbocycles. The SMILES string of the molecule is C.C.C.C.CCCCOc1nc(N)c2c(n1)N(Cc1ccc3c(c1)CN(CC1CCC1)CC3)CC(=O)C2.CCCCOc1nc(N)c2c(n1)N(Cc1ccc3c(c1)CNCC3)CC(=O)C2. The molecule has 14 heteroatoms. The molecule has 5 aliphatic rings. The smallest absolute Gasteiger partial charge is 0.320 e. The van der Waals surface area contributed by atoms with Crippen LogP contribution in [0.5, 0.6) is 12.0 Å². The number of hydrogen-bond acceptors (Lipinski definition) is 14. The highest BCUT2D eigenvalue weighted by Gasteiger charge is 2.30. The lowest BCUT2D eigenvalue weighted by molar-refractivity contribution is -0.118. The van der Waals surface area contributed by atoms with Gasteiger partial charge in [0.2, 0.25) is 0 Å². The number of unbranched alkanes of at least 4 members (excludes halogenated alkanes) is 2. The summed E-state index contributed by atoms with van der Waals surface area (Å²) in [5.74, 6) is 3.30. The number of aromatic nitrogens is 4. The first-order chi connectivity index (χ1) is 29.7. The molecule has 4 aliphatic heterocycles. The van der Waals surface area contributed by atoms with Crippen molar-refractivity contribution in [2.75, 3.05) is 67.2 Å². The molecule has 1 aliphatic carbocycles. The van der Waals surface area contributed by atoms with Crippen molar-refractivity contribution >= 4 is 34.8 Å². The Bertz CT molecular complexity index is 2210. The minimum atomic E-state index is 0. The third-order valence-electron chi connectivity index (χ3n) is 12.5. The highest BCUT2D eigenvalue weighted by Crippen LogP contribution is 2.34. The van der Waals surface area contributed by atoms with E-state index >= 15 is 0 Å². The number of rotatable bonds is 14. The van der Waals surface area contributed by atoms with Gasteiger partial charge in [0, 0.05) is 63.2 Å². The molecule has 65 heavy (non-hydrogen) atoms. The van der Waals surface area contributed by atoms with Crippen molar-refractivity contribution in [3.63, 3.8) is 0 Å². The molecule has 0 radical (unpaired) electrons. The van der Waals surface area contributed by atoms with Gasteiger partial charge in [-0.15, -0.1) is 0 Å². The lowest BCUT2D eigenvalue weighted by Gasteiger charge is -2.35. The van der Waals surface area contributed by atoms with Crippen molar-refractivity contribution in [2.45, 2.75) is 140 Å². The Morgan fingerprint density at radius 2 is 1.20 bits per heavy atom. The zero-order valence-electron chi connectivity index (χ0n) is 36.0. The Hall–Kier alpha value is -5.34. The number of hydrogen-bond donors (Lipinski definition) is 3. The average molecular weight is 895 g/mol. The molecule has 0 atom stereocenters. The summed E-state index contributed by atoms with van der Waals surface area (Å²) in [7, 11) is 0. The highest BCUT2D eigenvalue weighted by molar-refractivity contribution is 5.92. The Labute approximate surface area is 389 Å². The first-order valence-electron chi connectivity index (χ1n) is 22.5. The number of ether oxygens (including phenoxy) is 2. The van der Waals surface area contributed by atoms with Crippen molar-refractivity contribution in [3.05, 3.63) is 80.9 Å². The van der Waals surface area contributed by atoms with Crippen molar-refractivity contribution < 1.29 is 19.1 Å². The number of Topliss-reactive ketones (excluding diaryl/α,β-unsaturated/α-hetero) is 2. The van der Waals surface area contributed by atoms with E-state index in [1.54, 1.807) is 0 Å². The zero-order chi connectivity index (χ0) is 42.3. The zero-order valence-corrected chi connectivity index (χ0v) is 36.0. The number of carbonyl (C=O) groups excluding carboxylic acids is 2. The van der Waals surface area contributed by atoms with Crippen molar-refractivity contribution in [1.29, 1.82) is 0 Å². The molecule has 0 amide bonds. The molecule has 9 rings (SSSR count). The Kier molecular flexibility index (Phi) is 19.5. The fraction of sp³-hybridized carbons (Fsp3) is 0.569. The summed E-state index contributed by atoms with van der Waals surface area (Å²) in [6.45, 7) is 12.6. The minimum Gasteiger partial charge on any atom is -0.463 e. The molecule has 4 aromatic rings. The van der Waals surface area contributed by atoms with E-state index in [9.17, 15) is 9.59 Å². The van der Waals surface area contributed by atoms with Gasteiger partial charge in [-0.3, -0.25) is 14.5 Å². The van der Waals surface area contributed by atoms with Gasteiger partial charge in [-0.2, -0.15) is 19.9 Å². The quantitative estimate of drug-likeness (QED) is 0.104. The standard InChI is InChI=1S/C26H35N5O2.C21H27N5O2.4CH4/c1-2-3-11-33-26-28-24(27)23-13-22(32)17-31(25(23)29-26)15-19-7-8-20-9-10-30(16-21(20)12-19)14-18-5-4-6-18;1-2-3-8-28-21-24-19(22)18-10-17(27)13-26(20(18)25-21)12-14-4-5-15-6-7-23-11-16(15)9-14;;;;/h7-8,12,18H,2-6,9-11,13-17H2,1H3,(H2,27,28,29);4-5,9,23H,2-3,6-8,10-13H2,1H3,(H2,22,24,25);4*1H4. The summed E-state index contributed by atoms with van der Waals surface area (Å²) in [6, 6.07) is 14.0. The van der Waals surface area contributed by atoms with Gasteiger partial charge in [-0.1, -0.05) is 99.2 Å². The molecule has 1 fully saturated rings. The largest absolute Gasteiger partial charge is 0.463 e. The van der Waals surface area contributed by atoms with Gasteiger partial charge in [0.25, 0.3) is 0 Å². The molecule has 356 valence electrons. The number of carbonyl (C=O) groups is 2. The van der Waals surface area contributed by atoms with Crippen molar-refractivity contribution in [3.8, 4) is 12.0 Å². The van der Waals surface area contributed by atoms with Crippen LogP contribution < -0.4 is 36.1 Å². The fourth-order valence-corrected chi connectivity index (χ4v) is 8.92. The number of nitrogens with zero attached hydrogens (tertiary/aromatic N) is 7. The van der Waals surface area contributed by atoms with E-state index in [2.05, 4.69) is 80.4 Å². The van der Waals surface area contributed by atoms with Gasteiger partial charge < -0.3 is 36.1 Å². The summed E-state index contributed by atoms with van der Waals surface area (Å²) < 4.78 is 11.4. The van der Waals surface area contributed by atoms with Gasteiger partial charge in [-0.25, -0.2) is 0 Å². The molecule has 6 heterocycles. The highest BCUT2D eigenvalue weighted by atomic mass is 16.5. The lowest BCUT2D eigenvalue weighted by atomic mass is 9.84. The molecule has 0 bridgehead atoms. The Morgan fingerprint density at radius 1 is 0.677 bits per heavy atom. The second-order valence-electron chi connectivity index (χ2n) is 17.3. The van der Waals surface area contributed by atoms with Crippen LogP contribution in [0.15, 0.2) is 36.4 Å². The van der Waals surface area contributed by atoms with E-state index in [1.165, 1.54) is 53.6 Å². The molecule has 14 nitrogen and oxygen atoms in total. The molecular weight excluding hydrogens is 817 g/mol. The van der Waals surface area contributed by atoms with Crippen LogP contribution in [-0.2, 0) is 61.5 Å². The van der Waals surface area contributed by atoms with Crippen LogP contribution >= 0.6 is 0 Å². The van der Waals surface area contributed by atoms with Gasteiger partial charge in [0.05, 0.1) is 26.3 Å². The second kappa shape index (κ2) is 24.3. The molecule has 0 saturated heterocycles. The third kappa shape index (κ3) is 12.9. The van der Waals surface area contributed by atoms with Crippen molar-refractivity contribution in [1.82, 2.24) is 30.2 Å². The molecule has 0 unspecified atom stereocenters. The van der Waals surface area contributed by atoms with Crippen LogP contribution in [-0.4, -0.2) is 82.3 Å².